The number of aryl methyl sites for hydroxylation is 2. The van der Waals surface area contributed by atoms with Crippen LogP contribution in [0.5, 0.6) is 0 Å². The SMILES string of the molecule is Cc1c(-c2ccccc2Cl)nc2c3cc(-c4cnn(C)c4)cnc3ccn12. The summed E-state index contributed by atoms with van der Waals surface area (Å²) in [7, 11) is 1.91. The summed E-state index contributed by atoms with van der Waals surface area (Å²) in [5.74, 6) is 0. The van der Waals surface area contributed by atoms with Crippen molar-refractivity contribution in [3.05, 3.63) is 71.9 Å². The third-order valence-corrected chi connectivity index (χ3v) is 5.19. The standard InChI is InChI=1S/C21H16ClN5/c1-13-20(16-5-3-4-6-18(16)22)25-21-17-9-14(15-11-24-26(2)12-15)10-23-19(17)7-8-27(13)21/h3-12H,1-2H3. The molecule has 5 nitrogen and oxygen atoms in total. The molecule has 0 saturated carbocycles. The summed E-state index contributed by atoms with van der Waals surface area (Å²) in [6.07, 6.45) is 7.71. The summed E-state index contributed by atoms with van der Waals surface area (Å²) in [5.41, 5.74) is 6.70. The van der Waals surface area contributed by atoms with Gasteiger partial charge in [0.2, 0.25) is 0 Å². The predicted molar refractivity (Wildman–Crippen MR) is 108 cm³/mol. The molecule has 4 heterocycles. The van der Waals surface area contributed by atoms with E-state index >= 15 is 0 Å². The fraction of sp³-hybridized carbons (Fsp3) is 0.0952. The van der Waals surface area contributed by atoms with E-state index in [9.17, 15) is 0 Å². The summed E-state index contributed by atoms with van der Waals surface area (Å²) in [6, 6.07) is 11.9. The van der Waals surface area contributed by atoms with Crippen molar-refractivity contribution in [2.45, 2.75) is 6.92 Å². The molecule has 5 rings (SSSR count). The van der Waals surface area contributed by atoms with E-state index in [1.165, 1.54) is 0 Å². The lowest BCUT2D eigenvalue weighted by Crippen LogP contribution is -1.91. The van der Waals surface area contributed by atoms with Gasteiger partial charge in [-0.2, -0.15) is 5.10 Å². The van der Waals surface area contributed by atoms with Crippen LogP contribution in [0.15, 0.2) is 61.2 Å². The summed E-state index contributed by atoms with van der Waals surface area (Å²) < 4.78 is 3.88. The number of halogens is 1. The van der Waals surface area contributed by atoms with Crippen molar-refractivity contribution in [1.82, 2.24) is 24.1 Å². The van der Waals surface area contributed by atoms with Crippen LogP contribution in [0, 0.1) is 6.92 Å². The Morgan fingerprint density at radius 3 is 2.67 bits per heavy atom. The molecule has 0 atom stereocenters. The van der Waals surface area contributed by atoms with Crippen LogP contribution in [0.25, 0.3) is 38.9 Å². The Balaban J connectivity index is 1.79. The van der Waals surface area contributed by atoms with Crippen LogP contribution in [-0.2, 0) is 7.05 Å². The van der Waals surface area contributed by atoms with E-state index in [0.29, 0.717) is 5.02 Å². The first-order chi connectivity index (χ1) is 13.1. The zero-order valence-corrected chi connectivity index (χ0v) is 15.6. The lowest BCUT2D eigenvalue weighted by atomic mass is 10.1. The Bertz CT molecular complexity index is 1320. The highest BCUT2D eigenvalue weighted by Crippen LogP contribution is 2.32. The maximum Gasteiger partial charge on any atom is 0.147 e. The second-order valence-electron chi connectivity index (χ2n) is 6.59. The minimum Gasteiger partial charge on any atom is -0.303 e. The van der Waals surface area contributed by atoms with E-state index < -0.39 is 0 Å². The van der Waals surface area contributed by atoms with Crippen LogP contribution in [0.4, 0.5) is 0 Å². The van der Waals surface area contributed by atoms with Gasteiger partial charge in [0.05, 0.1) is 22.4 Å². The summed E-state index contributed by atoms with van der Waals surface area (Å²) in [6.45, 7) is 2.06. The number of pyridine rings is 2. The minimum atomic E-state index is 0.697. The Labute approximate surface area is 160 Å². The normalized spacial score (nSPS) is 11.5. The Morgan fingerprint density at radius 2 is 1.89 bits per heavy atom. The van der Waals surface area contributed by atoms with Gasteiger partial charge in [-0.1, -0.05) is 29.8 Å². The molecule has 5 aromatic rings. The van der Waals surface area contributed by atoms with Gasteiger partial charge in [-0.25, -0.2) is 4.98 Å². The van der Waals surface area contributed by atoms with Crippen LogP contribution in [0.3, 0.4) is 0 Å². The van der Waals surface area contributed by atoms with Gasteiger partial charge < -0.3 is 4.40 Å². The molecule has 0 aliphatic rings. The number of nitrogens with zero attached hydrogens (tertiary/aromatic N) is 5. The van der Waals surface area contributed by atoms with Crippen molar-refractivity contribution in [2.24, 2.45) is 7.05 Å². The zero-order chi connectivity index (χ0) is 18.5. The molecule has 6 heteroatoms. The molecule has 0 aliphatic heterocycles. The molecule has 0 unspecified atom stereocenters. The topological polar surface area (TPSA) is 48.0 Å². The molecule has 0 fully saturated rings. The first-order valence-electron chi connectivity index (χ1n) is 8.63. The van der Waals surface area contributed by atoms with Gasteiger partial charge in [-0.3, -0.25) is 9.67 Å². The number of fused-ring (bicyclic) bond motifs is 3. The maximum absolute atomic E-state index is 6.41. The number of benzene rings is 1. The van der Waals surface area contributed by atoms with Crippen molar-refractivity contribution >= 4 is 28.2 Å². The predicted octanol–water partition coefficient (Wildman–Crippen LogP) is 4.91. The van der Waals surface area contributed by atoms with Crippen LogP contribution in [-0.4, -0.2) is 24.1 Å². The quantitative estimate of drug-likeness (QED) is 0.441. The maximum atomic E-state index is 6.41. The number of imidazole rings is 1. The second-order valence-corrected chi connectivity index (χ2v) is 7.00. The third kappa shape index (κ3) is 2.51. The van der Waals surface area contributed by atoms with Crippen molar-refractivity contribution in [3.63, 3.8) is 0 Å². The summed E-state index contributed by atoms with van der Waals surface area (Å²) in [5, 5.41) is 5.95. The Morgan fingerprint density at radius 1 is 1.04 bits per heavy atom. The van der Waals surface area contributed by atoms with Crippen molar-refractivity contribution in [3.8, 4) is 22.4 Å². The number of hydrogen-bond acceptors (Lipinski definition) is 3. The Hall–Kier alpha value is -3.18. The number of aromatic nitrogens is 5. The molecule has 0 bridgehead atoms. The van der Waals surface area contributed by atoms with Gasteiger partial charge in [0.25, 0.3) is 0 Å². The molecule has 0 radical (unpaired) electrons. The van der Waals surface area contributed by atoms with Crippen molar-refractivity contribution in [1.29, 1.82) is 0 Å². The fourth-order valence-corrected chi connectivity index (χ4v) is 3.68. The average molecular weight is 374 g/mol. The van der Waals surface area contributed by atoms with E-state index in [1.54, 1.807) is 4.68 Å². The molecule has 27 heavy (non-hydrogen) atoms. The van der Waals surface area contributed by atoms with Crippen molar-refractivity contribution in [2.75, 3.05) is 0 Å². The fourth-order valence-electron chi connectivity index (χ4n) is 3.45. The minimum absolute atomic E-state index is 0.697. The van der Waals surface area contributed by atoms with Gasteiger partial charge in [-0.05, 0) is 25.1 Å². The molecule has 0 amide bonds. The average Bonchev–Trinajstić information content (AvgIpc) is 3.26. The third-order valence-electron chi connectivity index (χ3n) is 4.86. The lowest BCUT2D eigenvalue weighted by Gasteiger charge is -2.04. The number of rotatable bonds is 2. The van der Waals surface area contributed by atoms with Crippen LogP contribution in [0.2, 0.25) is 5.02 Å². The molecule has 4 aromatic heterocycles. The summed E-state index contributed by atoms with van der Waals surface area (Å²) >= 11 is 6.41. The molecule has 1 aromatic carbocycles. The van der Waals surface area contributed by atoms with E-state index in [1.807, 2.05) is 62.2 Å². The molecule has 0 aliphatic carbocycles. The van der Waals surface area contributed by atoms with Crippen LogP contribution >= 0.6 is 11.6 Å². The van der Waals surface area contributed by atoms with Gasteiger partial charge in [0.15, 0.2) is 0 Å². The molecule has 0 N–H and O–H groups in total. The highest BCUT2D eigenvalue weighted by Gasteiger charge is 2.15. The van der Waals surface area contributed by atoms with Gasteiger partial charge in [0, 0.05) is 53.4 Å². The van der Waals surface area contributed by atoms with E-state index in [4.69, 9.17) is 16.6 Å². The smallest absolute Gasteiger partial charge is 0.147 e. The van der Waals surface area contributed by atoms with Crippen molar-refractivity contribution < 1.29 is 0 Å². The van der Waals surface area contributed by atoms with E-state index in [0.717, 1.165) is 44.6 Å². The zero-order valence-electron chi connectivity index (χ0n) is 14.9. The highest BCUT2D eigenvalue weighted by atomic mass is 35.5. The van der Waals surface area contributed by atoms with Crippen LogP contribution < -0.4 is 0 Å². The van der Waals surface area contributed by atoms with Gasteiger partial charge in [0.1, 0.15) is 5.65 Å². The molecule has 0 saturated heterocycles. The molecule has 0 spiro atoms. The first kappa shape index (κ1) is 16.0. The number of hydrogen-bond donors (Lipinski definition) is 0. The van der Waals surface area contributed by atoms with Gasteiger partial charge in [-0.15, -0.1) is 0 Å². The first-order valence-corrected chi connectivity index (χ1v) is 9.01. The van der Waals surface area contributed by atoms with Gasteiger partial charge >= 0.3 is 0 Å². The van der Waals surface area contributed by atoms with Crippen LogP contribution in [0.1, 0.15) is 5.69 Å². The Kier molecular flexibility index (Phi) is 3.52. The van der Waals surface area contributed by atoms with E-state index in [-0.39, 0.29) is 0 Å². The molecular formula is C21H16ClN5. The summed E-state index contributed by atoms with van der Waals surface area (Å²) in [4.78, 5) is 9.56. The molecule has 132 valence electrons. The molecular weight excluding hydrogens is 358 g/mol. The lowest BCUT2D eigenvalue weighted by molar-refractivity contribution is 0.768. The largest absolute Gasteiger partial charge is 0.303 e. The second kappa shape index (κ2) is 5.93. The highest BCUT2D eigenvalue weighted by molar-refractivity contribution is 6.33. The monoisotopic (exact) mass is 373 g/mol. The van der Waals surface area contributed by atoms with E-state index in [2.05, 4.69) is 27.5 Å².